The van der Waals surface area contributed by atoms with E-state index in [1.165, 1.54) is 36.4 Å². The fourth-order valence-electron chi connectivity index (χ4n) is 3.90. The lowest BCUT2D eigenvalue weighted by Gasteiger charge is -2.14. The molecule has 1 N–H and O–H groups in total. The van der Waals surface area contributed by atoms with Gasteiger partial charge >= 0.3 is 12.5 Å². The van der Waals surface area contributed by atoms with Crippen molar-refractivity contribution in [2.24, 2.45) is 0 Å². The van der Waals surface area contributed by atoms with Crippen molar-refractivity contribution in [3.63, 3.8) is 0 Å². The Bertz CT molecular complexity index is 1580. The molecule has 5 aromatic rings. The first-order valence-electron chi connectivity index (χ1n) is 11.0. The molecule has 37 heavy (non-hydrogen) atoms. The quantitative estimate of drug-likeness (QED) is 0.260. The van der Waals surface area contributed by atoms with Crippen LogP contribution in [0.3, 0.4) is 0 Å². The van der Waals surface area contributed by atoms with Gasteiger partial charge in [0.2, 0.25) is 0 Å². The molecule has 0 radical (unpaired) electrons. The number of halogens is 4. The van der Waals surface area contributed by atoms with Crippen LogP contribution >= 0.6 is 0 Å². The lowest BCUT2D eigenvalue weighted by atomic mass is 10.1. The Morgan fingerprint density at radius 1 is 1.00 bits per heavy atom. The molecule has 188 valence electrons. The SMILES string of the molecule is CC(OC(=O)Nc1ccc2c(ccc3c2ncn3-c2ccc(OC(F)(F)F)cc2)c1)c1ccc(F)cn1. The molecule has 2 aromatic heterocycles. The molecule has 0 aliphatic carbocycles. The van der Waals surface area contributed by atoms with Crippen molar-refractivity contribution in [3.8, 4) is 11.4 Å². The van der Waals surface area contributed by atoms with Gasteiger partial charge in [-0.15, -0.1) is 13.2 Å². The van der Waals surface area contributed by atoms with Crippen LogP contribution in [0, 0.1) is 5.82 Å². The number of aromatic nitrogens is 3. The lowest BCUT2D eigenvalue weighted by molar-refractivity contribution is -0.274. The van der Waals surface area contributed by atoms with E-state index >= 15 is 0 Å². The second-order valence-electron chi connectivity index (χ2n) is 8.10. The largest absolute Gasteiger partial charge is 0.573 e. The number of imidazole rings is 1. The number of hydrogen-bond donors (Lipinski definition) is 1. The highest BCUT2D eigenvalue weighted by atomic mass is 19.4. The molecule has 0 fully saturated rings. The van der Waals surface area contributed by atoms with E-state index in [2.05, 4.69) is 20.0 Å². The molecule has 5 rings (SSSR count). The monoisotopic (exact) mass is 510 g/mol. The Balaban J connectivity index is 1.34. The summed E-state index contributed by atoms with van der Waals surface area (Å²) in [6, 6.07) is 17.1. The van der Waals surface area contributed by atoms with Crippen LogP contribution in [0.2, 0.25) is 0 Å². The first kappa shape index (κ1) is 24.0. The average molecular weight is 510 g/mol. The number of benzene rings is 3. The van der Waals surface area contributed by atoms with E-state index in [9.17, 15) is 22.4 Å². The van der Waals surface area contributed by atoms with Gasteiger partial charge in [-0.2, -0.15) is 0 Å². The van der Waals surface area contributed by atoms with Gasteiger partial charge in [-0.1, -0.05) is 12.1 Å². The third-order valence-electron chi connectivity index (χ3n) is 5.58. The average Bonchev–Trinajstić information content (AvgIpc) is 3.28. The zero-order chi connectivity index (χ0) is 26.2. The van der Waals surface area contributed by atoms with Crippen LogP contribution < -0.4 is 10.1 Å². The number of carbonyl (C=O) groups excluding carboxylic acids is 1. The number of alkyl halides is 3. The number of hydrogen-bond acceptors (Lipinski definition) is 5. The smallest absolute Gasteiger partial charge is 0.440 e. The van der Waals surface area contributed by atoms with Crippen molar-refractivity contribution in [1.82, 2.24) is 14.5 Å². The summed E-state index contributed by atoms with van der Waals surface area (Å²) in [5.41, 5.74) is 2.95. The molecule has 0 aliphatic heterocycles. The van der Waals surface area contributed by atoms with Gasteiger partial charge in [0.1, 0.15) is 24.0 Å². The summed E-state index contributed by atoms with van der Waals surface area (Å²) in [6.45, 7) is 1.63. The molecule has 7 nitrogen and oxygen atoms in total. The number of nitrogens with one attached hydrogen (secondary N) is 1. The molecule has 1 unspecified atom stereocenters. The number of ether oxygens (including phenoxy) is 2. The van der Waals surface area contributed by atoms with E-state index in [-0.39, 0.29) is 5.75 Å². The van der Waals surface area contributed by atoms with Gasteiger partial charge in [0.05, 0.1) is 22.9 Å². The standard InChI is InChI=1S/C26H18F4N4O3/c1-15(22-10-3-17(27)13-31-22)36-25(35)33-18-4-9-21-16(12-18)2-11-23-24(21)32-14-34(23)19-5-7-20(8-6-19)37-26(28,29)30/h2-15H,1H3,(H,33,35). The summed E-state index contributed by atoms with van der Waals surface area (Å²) in [4.78, 5) is 20.7. The molecule has 0 saturated heterocycles. The van der Waals surface area contributed by atoms with E-state index in [0.717, 1.165) is 22.5 Å². The van der Waals surface area contributed by atoms with Crippen LogP contribution in [0.5, 0.6) is 5.75 Å². The normalized spacial score (nSPS) is 12.5. The highest BCUT2D eigenvalue weighted by Crippen LogP contribution is 2.30. The van der Waals surface area contributed by atoms with Crippen molar-refractivity contribution in [3.05, 3.63) is 90.8 Å². The lowest BCUT2D eigenvalue weighted by Crippen LogP contribution is -2.17. The minimum atomic E-state index is -4.76. The molecule has 0 aliphatic rings. The maximum absolute atomic E-state index is 13.0. The molecule has 1 amide bonds. The summed E-state index contributed by atoms with van der Waals surface area (Å²) in [6.07, 6.45) is -3.50. The maximum Gasteiger partial charge on any atom is 0.573 e. The number of anilines is 1. The second kappa shape index (κ2) is 9.41. The minimum absolute atomic E-state index is 0.312. The van der Waals surface area contributed by atoms with Gasteiger partial charge in [-0.25, -0.2) is 14.2 Å². The van der Waals surface area contributed by atoms with Gasteiger partial charge < -0.3 is 9.47 Å². The topological polar surface area (TPSA) is 78.3 Å². The zero-order valence-electron chi connectivity index (χ0n) is 19.2. The van der Waals surface area contributed by atoms with Gasteiger partial charge in [0, 0.05) is 16.8 Å². The Morgan fingerprint density at radius 3 is 2.49 bits per heavy atom. The molecule has 0 bridgehead atoms. The predicted molar refractivity (Wildman–Crippen MR) is 128 cm³/mol. The summed E-state index contributed by atoms with van der Waals surface area (Å²) >= 11 is 0. The number of nitrogens with zero attached hydrogens (tertiary/aromatic N) is 3. The maximum atomic E-state index is 13.0. The van der Waals surface area contributed by atoms with Crippen LogP contribution in [0.15, 0.2) is 79.3 Å². The van der Waals surface area contributed by atoms with E-state index in [4.69, 9.17) is 4.74 Å². The second-order valence-corrected chi connectivity index (χ2v) is 8.10. The van der Waals surface area contributed by atoms with Gasteiger partial charge in [0.15, 0.2) is 0 Å². The molecule has 0 saturated carbocycles. The molecule has 0 spiro atoms. The van der Waals surface area contributed by atoms with Gasteiger partial charge in [-0.05, 0) is 66.9 Å². The van der Waals surface area contributed by atoms with Gasteiger partial charge in [-0.3, -0.25) is 14.9 Å². The van der Waals surface area contributed by atoms with Crippen molar-refractivity contribution in [1.29, 1.82) is 0 Å². The summed E-state index contributed by atoms with van der Waals surface area (Å²) in [5, 5.41) is 4.29. The summed E-state index contributed by atoms with van der Waals surface area (Å²) < 4.78 is 61.3. The Hall–Kier alpha value is -4.67. The van der Waals surface area contributed by atoms with E-state index in [0.29, 0.717) is 22.6 Å². The molecule has 3 aromatic carbocycles. The van der Waals surface area contributed by atoms with Crippen molar-refractivity contribution in [2.75, 3.05) is 5.32 Å². The van der Waals surface area contributed by atoms with Crippen LogP contribution in [-0.2, 0) is 4.74 Å². The number of amides is 1. The number of rotatable bonds is 5. The summed E-state index contributed by atoms with van der Waals surface area (Å²) in [5.74, 6) is -0.794. The summed E-state index contributed by atoms with van der Waals surface area (Å²) in [7, 11) is 0. The molecule has 11 heteroatoms. The molecule has 1 atom stereocenters. The Morgan fingerprint density at radius 2 is 1.78 bits per heavy atom. The third kappa shape index (κ3) is 5.30. The fourth-order valence-corrected chi connectivity index (χ4v) is 3.90. The highest BCUT2D eigenvalue weighted by Gasteiger charge is 2.31. The third-order valence-corrected chi connectivity index (χ3v) is 5.58. The van der Waals surface area contributed by atoms with Gasteiger partial charge in [0.25, 0.3) is 0 Å². The number of pyridine rings is 1. The van der Waals surface area contributed by atoms with Crippen molar-refractivity contribution in [2.45, 2.75) is 19.4 Å². The van der Waals surface area contributed by atoms with E-state index in [1.54, 1.807) is 36.0 Å². The van der Waals surface area contributed by atoms with E-state index in [1.807, 2.05) is 12.1 Å². The van der Waals surface area contributed by atoms with Crippen LogP contribution in [0.4, 0.5) is 28.0 Å². The molecular weight excluding hydrogens is 492 g/mol. The van der Waals surface area contributed by atoms with Crippen molar-refractivity contribution >= 4 is 33.6 Å². The van der Waals surface area contributed by atoms with Crippen LogP contribution in [0.25, 0.3) is 27.5 Å². The van der Waals surface area contributed by atoms with Crippen LogP contribution in [0.1, 0.15) is 18.7 Å². The molecule has 2 heterocycles. The predicted octanol–water partition coefficient (Wildman–Crippen LogP) is 6.92. The number of carbonyl (C=O) groups is 1. The Kier molecular flexibility index (Phi) is 6.12. The first-order chi connectivity index (χ1) is 17.7. The minimum Gasteiger partial charge on any atom is -0.440 e. The molecular formula is C26H18F4N4O3. The first-order valence-corrected chi connectivity index (χ1v) is 11.0. The van der Waals surface area contributed by atoms with Crippen molar-refractivity contribution < 1.29 is 31.8 Å². The van der Waals surface area contributed by atoms with Crippen LogP contribution in [-0.4, -0.2) is 27.0 Å². The zero-order valence-corrected chi connectivity index (χ0v) is 19.2. The fraction of sp³-hybridized carbons (Fsp3) is 0.115. The van der Waals surface area contributed by atoms with E-state index < -0.39 is 24.4 Å². The Labute approximate surface area is 207 Å². The highest BCUT2D eigenvalue weighted by molar-refractivity contribution is 6.06. The number of fused-ring (bicyclic) bond motifs is 3.